The molecule has 0 unspecified atom stereocenters. The summed E-state index contributed by atoms with van der Waals surface area (Å²) < 4.78 is 1.50. The van der Waals surface area contributed by atoms with E-state index in [0.29, 0.717) is 26.9 Å². The number of amides is 1. The van der Waals surface area contributed by atoms with Crippen molar-refractivity contribution in [3.63, 3.8) is 0 Å². The number of hydrogen-bond donors (Lipinski definition) is 2. The molecular formula is C26H21ClN4O2S. The molecule has 34 heavy (non-hydrogen) atoms. The van der Waals surface area contributed by atoms with E-state index in [9.17, 15) is 9.59 Å². The summed E-state index contributed by atoms with van der Waals surface area (Å²) in [6.45, 7) is 3.98. The van der Waals surface area contributed by atoms with Gasteiger partial charge in [0.15, 0.2) is 5.16 Å². The van der Waals surface area contributed by atoms with E-state index in [1.54, 1.807) is 24.3 Å². The summed E-state index contributed by atoms with van der Waals surface area (Å²) >= 11 is 7.42. The molecule has 0 bridgehead atoms. The van der Waals surface area contributed by atoms with Crippen LogP contribution in [0.1, 0.15) is 11.1 Å². The van der Waals surface area contributed by atoms with Crippen LogP contribution in [0.4, 0.5) is 5.69 Å². The fourth-order valence-electron chi connectivity index (χ4n) is 4.06. The molecular weight excluding hydrogens is 468 g/mol. The van der Waals surface area contributed by atoms with Crippen molar-refractivity contribution in [3.05, 3.63) is 93.2 Å². The van der Waals surface area contributed by atoms with Crippen molar-refractivity contribution in [2.24, 2.45) is 0 Å². The Morgan fingerprint density at radius 2 is 1.82 bits per heavy atom. The van der Waals surface area contributed by atoms with Gasteiger partial charge in [0.1, 0.15) is 11.0 Å². The maximum Gasteiger partial charge on any atom is 0.283 e. The number of H-pyrrole nitrogens is 1. The molecule has 8 heteroatoms. The number of aryl methyl sites for hydroxylation is 2. The number of aromatic amines is 1. The van der Waals surface area contributed by atoms with Crippen LogP contribution in [-0.2, 0) is 4.79 Å². The van der Waals surface area contributed by atoms with Gasteiger partial charge in [-0.2, -0.15) is 0 Å². The number of halogens is 1. The molecule has 6 nitrogen and oxygen atoms in total. The number of para-hydroxylation sites is 1. The fourth-order valence-corrected chi connectivity index (χ4v) is 5.05. The monoisotopic (exact) mass is 488 g/mol. The van der Waals surface area contributed by atoms with Crippen molar-refractivity contribution in [3.8, 4) is 5.69 Å². The number of carbonyl (C=O) groups is 1. The Balaban J connectivity index is 1.55. The van der Waals surface area contributed by atoms with E-state index in [1.807, 2.05) is 50.2 Å². The van der Waals surface area contributed by atoms with Gasteiger partial charge in [-0.3, -0.25) is 14.2 Å². The average molecular weight is 489 g/mol. The van der Waals surface area contributed by atoms with E-state index >= 15 is 0 Å². The molecule has 5 aromatic rings. The number of benzene rings is 3. The molecule has 0 saturated heterocycles. The SMILES string of the molecule is Cc1cc(C)cc(NC(=O)CSc2nc3c([nH]c4ccccc43)c(=O)n2-c2cccc(Cl)c2)c1. The lowest BCUT2D eigenvalue weighted by atomic mass is 10.1. The first-order valence-corrected chi connectivity index (χ1v) is 12.1. The highest BCUT2D eigenvalue weighted by Crippen LogP contribution is 2.27. The van der Waals surface area contributed by atoms with E-state index in [1.165, 1.54) is 16.3 Å². The van der Waals surface area contributed by atoms with Crippen molar-refractivity contribution in [1.29, 1.82) is 0 Å². The zero-order valence-corrected chi connectivity index (χ0v) is 20.1. The molecule has 0 aliphatic heterocycles. The lowest BCUT2D eigenvalue weighted by molar-refractivity contribution is -0.113. The molecule has 170 valence electrons. The summed E-state index contributed by atoms with van der Waals surface area (Å²) in [6.07, 6.45) is 0. The number of aromatic nitrogens is 3. The summed E-state index contributed by atoms with van der Waals surface area (Å²) in [6, 6.07) is 20.6. The lowest BCUT2D eigenvalue weighted by Gasteiger charge is -2.13. The van der Waals surface area contributed by atoms with Gasteiger partial charge in [-0.1, -0.05) is 53.7 Å². The van der Waals surface area contributed by atoms with Gasteiger partial charge in [0.2, 0.25) is 5.91 Å². The summed E-state index contributed by atoms with van der Waals surface area (Å²) in [4.78, 5) is 34.3. The van der Waals surface area contributed by atoms with Gasteiger partial charge in [0.25, 0.3) is 5.56 Å². The van der Waals surface area contributed by atoms with Gasteiger partial charge in [-0.05, 0) is 61.4 Å². The number of anilines is 1. The predicted octanol–water partition coefficient (Wildman–Crippen LogP) is 5.87. The molecule has 0 radical (unpaired) electrons. The smallest absolute Gasteiger partial charge is 0.283 e. The van der Waals surface area contributed by atoms with Crippen molar-refractivity contribution in [2.75, 3.05) is 11.1 Å². The molecule has 0 fully saturated rings. The van der Waals surface area contributed by atoms with E-state index < -0.39 is 0 Å². The average Bonchev–Trinajstić information content (AvgIpc) is 3.16. The van der Waals surface area contributed by atoms with Gasteiger partial charge in [-0.15, -0.1) is 0 Å². The maximum atomic E-state index is 13.6. The molecule has 0 atom stereocenters. The summed E-state index contributed by atoms with van der Waals surface area (Å²) in [5, 5.41) is 4.71. The Morgan fingerprint density at radius 3 is 2.59 bits per heavy atom. The van der Waals surface area contributed by atoms with Crippen LogP contribution in [-0.4, -0.2) is 26.2 Å². The van der Waals surface area contributed by atoms with Crippen LogP contribution in [0.25, 0.3) is 27.6 Å². The highest BCUT2D eigenvalue weighted by atomic mass is 35.5. The van der Waals surface area contributed by atoms with Gasteiger partial charge >= 0.3 is 0 Å². The zero-order chi connectivity index (χ0) is 23.8. The number of nitrogens with zero attached hydrogens (tertiary/aromatic N) is 2. The van der Waals surface area contributed by atoms with Gasteiger partial charge in [0, 0.05) is 21.6 Å². The van der Waals surface area contributed by atoms with Crippen molar-refractivity contribution >= 4 is 56.9 Å². The van der Waals surface area contributed by atoms with Crippen LogP contribution in [0.3, 0.4) is 0 Å². The number of thioether (sulfide) groups is 1. The summed E-state index contributed by atoms with van der Waals surface area (Å²) in [5.41, 5.74) is 5.04. The third-order valence-corrected chi connectivity index (χ3v) is 6.57. The molecule has 5 rings (SSSR count). The minimum absolute atomic E-state index is 0.0911. The second-order valence-corrected chi connectivity index (χ2v) is 9.50. The number of carbonyl (C=O) groups excluding carboxylic acids is 1. The lowest BCUT2D eigenvalue weighted by Crippen LogP contribution is -2.23. The first-order chi connectivity index (χ1) is 16.4. The number of hydrogen-bond acceptors (Lipinski definition) is 4. The molecule has 0 spiro atoms. The van der Waals surface area contributed by atoms with Crippen LogP contribution in [0.15, 0.2) is 76.7 Å². The third kappa shape index (κ3) is 4.32. The highest BCUT2D eigenvalue weighted by Gasteiger charge is 2.18. The quantitative estimate of drug-likeness (QED) is 0.239. The molecule has 0 aliphatic carbocycles. The minimum Gasteiger partial charge on any atom is -0.349 e. The Kier molecular flexibility index (Phi) is 5.89. The zero-order valence-electron chi connectivity index (χ0n) is 18.6. The normalized spacial score (nSPS) is 11.3. The van der Waals surface area contributed by atoms with Crippen LogP contribution >= 0.6 is 23.4 Å². The second-order valence-electron chi connectivity index (χ2n) is 8.12. The molecule has 0 aliphatic rings. The van der Waals surface area contributed by atoms with Crippen molar-refractivity contribution < 1.29 is 4.79 Å². The molecule has 3 aromatic carbocycles. The van der Waals surface area contributed by atoms with E-state index in [4.69, 9.17) is 16.6 Å². The minimum atomic E-state index is -0.249. The largest absolute Gasteiger partial charge is 0.349 e. The van der Waals surface area contributed by atoms with E-state index in [-0.39, 0.29) is 17.2 Å². The molecule has 1 amide bonds. The van der Waals surface area contributed by atoms with Gasteiger partial charge < -0.3 is 10.3 Å². The number of fused-ring (bicyclic) bond motifs is 3. The Hall–Kier alpha value is -3.55. The Morgan fingerprint density at radius 1 is 1.06 bits per heavy atom. The molecule has 2 aromatic heterocycles. The topological polar surface area (TPSA) is 79.8 Å². The summed E-state index contributed by atoms with van der Waals surface area (Å²) in [7, 11) is 0. The maximum absolute atomic E-state index is 13.6. The van der Waals surface area contributed by atoms with Crippen molar-refractivity contribution in [1.82, 2.24) is 14.5 Å². The Bertz CT molecular complexity index is 1600. The standard InChI is InChI=1S/C26H21ClN4O2S/c1-15-10-16(2)12-18(11-15)28-22(32)14-34-26-30-23-20-8-3-4-9-21(20)29-24(23)25(33)31(26)19-7-5-6-17(27)13-19/h3-13,29H,14H2,1-2H3,(H,28,32). The van der Waals surface area contributed by atoms with Crippen LogP contribution in [0, 0.1) is 13.8 Å². The van der Waals surface area contributed by atoms with Crippen molar-refractivity contribution in [2.45, 2.75) is 19.0 Å². The first kappa shape index (κ1) is 22.3. The van der Waals surface area contributed by atoms with Crippen LogP contribution in [0.2, 0.25) is 5.02 Å². The predicted molar refractivity (Wildman–Crippen MR) is 139 cm³/mol. The molecule has 2 N–H and O–H groups in total. The number of nitrogens with one attached hydrogen (secondary N) is 2. The van der Waals surface area contributed by atoms with Gasteiger partial charge in [-0.25, -0.2) is 4.98 Å². The van der Waals surface area contributed by atoms with Gasteiger partial charge in [0.05, 0.1) is 11.4 Å². The summed E-state index contributed by atoms with van der Waals surface area (Å²) in [5.74, 6) is -0.0886. The van der Waals surface area contributed by atoms with Crippen LogP contribution in [0.5, 0.6) is 0 Å². The molecule has 0 saturated carbocycles. The van der Waals surface area contributed by atoms with E-state index in [0.717, 1.165) is 27.7 Å². The number of rotatable bonds is 5. The molecule has 2 heterocycles. The Labute approximate surface area is 205 Å². The van der Waals surface area contributed by atoms with E-state index in [2.05, 4.69) is 16.4 Å². The fraction of sp³-hybridized carbons (Fsp3) is 0.115. The second kappa shape index (κ2) is 9.00. The third-order valence-electron chi connectivity index (χ3n) is 5.40. The first-order valence-electron chi connectivity index (χ1n) is 10.7. The highest BCUT2D eigenvalue weighted by molar-refractivity contribution is 7.99. The van der Waals surface area contributed by atoms with Crippen LogP contribution < -0.4 is 10.9 Å².